The predicted molar refractivity (Wildman–Crippen MR) is 78.1 cm³/mol. The van der Waals surface area contributed by atoms with E-state index in [4.69, 9.17) is 5.11 Å². The maximum Gasteiger partial charge on any atom is 0.317 e. The molecule has 0 bridgehead atoms. The van der Waals surface area contributed by atoms with Crippen LogP contribution in [-0.2, 0) is 6.42 Å². The average molecular weight is 327 g/mol. The van der Waals surface area contributed by atoms with Crippen molar-refractivity contribution in [1.29, 1.82) is 0 Å². The topological polar surface area (TPSA) is 52.6 Å². The summed E-state index contributed by atoms with van der Waals surface area (Å²) in [7, 11) is 0. The molecule has 0 spiro atoms. The van der Waals surface area contributed by atoms with Gasteiger partial charge in [0.2, 0.25) is 0 Å². The van der Waals surface area contributed by atoms with Crippen LogP contribution < -0.4 is 5.32 Å². The van der Waals surface area contributed by atoms with Gasteiger partial charge in [-0.05, 0) is 37.0 Å². The molecule has 1 unspecified atom stereocenters. The van der Waals surface area contributed by atoms with E-state index in [0.29, 0.717) is 13.1 Å². The molecular formula is C14H19BrN2O2. The number of urea groups is 1. The van der Waals surface area contributed by atoms with E-state index in [1.807, 2.05) is 19.1 Å². The van der Waals surface area contributed by atoms with E-state index in [2.05, 4.69) is 27.3 Å². The number of nitrogens with one attached hydrogen (secondary N) is 1. The fourth-order valence-corrected chi connectivity index (χ4v) is 3.10. The number of rotatable bonds is 4. The van der Waals surface area contributed by atoms with Crippen molar-refractivity contribution >= 4 is 22.0 Å². The molecule has 2 N–H and O–H groups in total. The number of likely N-dealkylation sites (N-methyl/N-ethyl adjacent to an activating group) is 1. The Labute approximate surface area is 121 Å². The van der Waals surface area contributed by atoms with E-state index in [-0.39, 0.29) is 18.7 Å². The zero-order chi connectivity index (χ0) is 13.8. The Hall–Kier alpha value is -1.07. The first-order valence-electron chi connectivity index (χ1n) is 6.61. The van der Waals surface area contributed by atoms with Gasteiger partial charge < -0.3 is 15.3 Å². The van der Waals surface area contributed by atoms with Gasteiger partial charge in [0, 0.05) is 17.6 Å². The maximum atomic E-state index is 12.1. The third-order valence-corrected chi connectivity index (χ3v) is 4.29. The normalized spacial score (nSPS) is 17.1. The molecule has 1 aliphatic carbocycles. The van der Waals surface area contributed by atoms with Gasteiger partial charge in [0.1, 0.15) is 0 Å². The highest BCUT2D eigenvalue weighted by molar-refractivity contribution is 9.10. The van der Waals surface area contributed by atoms with Crippen LogP contribution in [0.25, 0.3) is 0 Å². The lowest BCUT2D eigenvalue weighted by molar-refractivity contribution is 0.177. The van der Waals surface area contributed by atoms with E-state index in [1.165, 1.54) is 11.1 Å². The molecule has 0 saturated heterocycles. The largest absolute Gasteiger partial charge is 0.395 e. The summed E-state index contributed by atoms with van der Waals surface area (Å²) in [5.41, 5.74) is 2.49. The molecule has 1 aromatic rings. The molecule has 0 radical (unpaired) electrons. The van der Waals surface area contributed by atoms with Crippen LogP contribution in [0.2, 0.25) is 0 Å². The molecule has 19 heavy (non-hydrogen) atoms. The molecule has 0 aromatic heterocycles. The molecule has 1 aromatic carbocycles. The lowest BCUT2D eigenvalue weighted by Crippen LogP contribution is -2.42. The fourth-order valence-electron chi connectivity index (χ4n) is 2.52. The average Bonchev–Trinajstić information content (AvgIpc) is 2.80. The van der Waals surface area contributed by atoms with Crippen molar-refractivity contribution in [2.24, 2.45) is 0 Å². The van der Waals surface area contributed by atoms with Crippen molar-refractivity contribution in [2.75, 3.05) is 19.7 Å². The van der Waals surface area contributed by atoms with Gasteiger partial charge in [0.05, 0.1) is 12.6 Å². The van der Waals surface area contributed by atoms with Gasteiger partial charge in [0.25, 0.3) is 0 Å². The number of amides is 2. The lowest BCUT2D eigenvalue weighted by atomic mass is 10.1. The van der Waals surface area contributed by atoms with E-state index in [1.54, 1.807) is 4.90 Å². The van der Waals surface area contributed by atoms with Crippen LogP contribution in [-0.4, -0.2) is 35.7 Å². The van der Waals surface area contributed by atoms with E-state index in [9.17, 15) is 4.79 Å². The minimum Gasteiger partial charge on any atom is -0.395 e. The van der Waals surface area contributed by atoms with Gasteiger partial charge >= 0.3 is 6.03 Å². The van der Waals surface area contributed by atoms with Crippen molar-refractivity contribution in [1.82, 2.24) is 10.2 Å². The predicted octanol–water partition coefficient (Wildman–Crippen LogP) is 2.46. The Morgan fingerprint density at radius 1 is 1.58 bits per heavy atom. The number of benzene rings is 1. The Morgan fingerprint density at radius 3 is 3.05 bits per heavy atom. The van der Waals surface area contributed by atoms with E-state index in [0.717, 1.165) is 17.3 Å². The SMILES string of the molecule is CCN(CCO)C(=O)NC1CCc2c(Br)cccc21. The van der Waals surface area contributed by atoms with Gasteiger partial charge in [-0.3, -0.25) is 0 Å². The Balaban J connectivity index is 2.06. The maximum absolute atomic E-state index is 12.1. The number of halogens is 1. The molecule has 1 aliphatic rings. The number of fused-ring (bicyclic) bond motifs is 1. The summed E-state index contributed by atoms with van der Waals surface area (Å²) >= 11 is 3.55. The number of carbonyl (C=O) groups excluding carboxylic acids is 1. The second-order valence-electron chi connectivity index (χ2n) is 4.65. The number of aliphatic hydroxyl groups is 1. The number of hydrogen-bond acceptors (Lipinski definition) is 2. The molecule has 2 rings (SSSR count). The van der Waals surface area contributed by atoms with Crippen LogP contribution in [0, 0.1) is 0 Å². The van der Waals surface area contributed by atoms with Crippen LogP contribution in [0.4, 0.5) is 4.79 Å². The third-order valence-electron chi connectivity index (χ3n) is 3.55. The minimum absolute atomic E-state index is 0.00589. The van der Waals surface area contributed by atoms with E-state index >= 15 is 0 Å². The summed E-state index contributed by atoms with van der Waals surface area (Å²) < 4.78 is 1.12. The molecule has 4 nitrogen and oxygen atoms in total. The quantitative estimate of drug-likeness (QED) is 0.893. The Morgan fingerprint density at radius 2 is 2.37 bits per heavy atom. The number of hydrogen-bond donors (Lipinski definition) is 2. The zero-order valence-corrected chi connectivity index (χ0v) is 12.6. The van der Waals surface area contributed by atoms with Crippen molar-refractivity contribution in [3.05, 3.63) is 33.8 Å². The Bertz CT molecular complexity index is 465. The molecule has 0 heterocycles. The highest BCUT2D eigenvalue weighted by Crippen LogP contribution is 2.35. The Kier molecular flexibility index (Phi) is 4.82. The van der Waals surface area contributed by atoms with Crippen molar-refractivity contribution in [2.45, 2.75) is 25.8 Å². The summed E-state index contributed by atoms with van der Waals surface area (Å²) in [6, 6.07) is 6.08. The first-order chi connectivity index (χ1) is 9.17. The smallest absolute Gasteiger partial charge is 0.317 e. The summed E-state index contributed by atoms with van der Waals surface area (Å²) in [6.45, 7) is 2.88. The molecule has 0 fully saturated rings. The molecule has 1 atom stereocenters. The lowest BCUT2D eigenvalue weighted by Gasteiger charge is -2.23. The number of aliphatic hydroxyl groups excluding tert-OH is 1. The van der Waals surface area contributed by atoms with Crippen LogP contribution >= 0.6 is 15.9 Å². The molecule has 104 valence electrons. The van der Waals surface area contributed by atoms with Crippen molar-refractivity contribution < 1.29 is 9.90 Å². The number of nitrogens with zero attached hydrogens (tertiary/aromatic N) is 1. The van der Waals surface area contributed by atoms with Gasteiger partial charge in [-0.15, -0.1) is 0 Å². The molecule has 0 aliphatic heterocycles. The van der Waals surface area contributed by atoms with E-state index < -0.39 is 0 Å². The molecule has 5 heteroatoms. The first kappa shape index (κ1) is 14.3. The zero-order valence-electron chi connectivity index (χ0n) is 11.0. The van der Waals surface area contributed by atoms with Crippen molar-refractivity contribution in [3.63, 3.8) is 0 Å². The monoisotopic (exact) mass is 326 g/mol. The molecular weight excluding hydrogens is 308 g/mol. The van der Waals surface area contributed by atoms with Crippen LogP contribution in [0.1, 0.15) is 30.5 Å². The minimum atomic E-state index is -0.102. The number of carbonyl (C=O) groups is 1. The van der Waals surface area contributed by atoms with Gasteiger partial charge in [-0.25, -0.2) is 4.79 Å². The van der Waals surface area contributed by atoms with Gasteiger partial charge in [-0.1, -0.05) is 28.1 Å². The summed E-state index contributed by atoms with van der Waals surface area (Å²) in [5, 5.41) is 12.0. The second-order valence-corrected chi connectivity index (χ2v) is 5.51. The highest BCUT2D eigenvalue weighted by Gasteiger charge is 2.26. The standard InChI is InChI=1S/C14H19BrN2O2/c1-2-17(8-9-18)14(19)16-13-7-6-10-11(13)4-3-5-12(10)15/h3-5,13,18H,2,6-9H2,1H3,(H,16,19). The fraction of sp³-hybridized carbons (Fsp3) is 0.500. The first-order valence-corrected chi connectivity index (χ1v) is 7.40. The van der Waals surface area contributed by atoms with Crippen LogP contribution in [0.15, 0.2) is 22.7 Å². The van der Waals surface area contributed by atoms with Crippen LogP contribution in [0.3, 0.4) is 0 Å². The molecule has 2 amide bonds. The van der Waals surface area contributed by atoms with Gasteiger partial charge in [0.15, 0.2) is 0 Å². The summed E-state index contributed by atoms with van der Waals surface area (Å²) in [6.07, 6.45) is 1.91. The van der Waals surface area contributed by atoms with Crippen molar-refractivity contribution in [3.8, 4) is 0 Å². The van der Waals surface area contributed by atoms with Crippen LogP contribution in [0.5, 0.6) is 0 Å². The van der Waals surface area contributed by atoms with Gasteiger partial charge in [-0.2, -0.15) is 0 Å². The third kappa shape index (κ3) is 3.09. The summed E-state index contributed by atoms with van der Waals surface area (Å²) in [4.78, 5) is 13.7. The highest BCUT2D eigenvalue weighted by atomic mass is 79.9. The summed E-state index contributed by atoms with van der Waals surface area (Å²) in [5.74, 6) is 0. The molecule has 0 saturated carbocycles. The second kappa shape index (κ2) is 6.39.